The van der Waals surface area contributed by atoms with Gasteiger partial charge in [0.05, 0.1) is 17.2 Å². The van der Waals surface area contributed by atoms with Crippen molar-refractivity contribution in [2.45, 2.75) is 20.8 Å². The zero-order valence-electron chi connectivity index (χ0n) is 11.4. The number of anilines is 1. The third kappa shape index (κ3) is 2.19. The lowest BCUT2D eigenvalue weighted by atomic mass is 9.95. The Morgan fingerprint density at radius 3 is 2.67 bits per heavy atom. The predicted octanol–water partition coefficient (Wildman–Crippen LogP) is 3.46. The van der Waals surface area contributed by atoms with Gasteiger partial charge in [-0.1, -0.05) is 18.2 Å². The average molecular weight is 241 g/mol. The zero-order valence-corrected chi connectivity index (χ0v) is 11.4. The molecule has 1 aromatic heterocycles. The van der Waals surface area contributed by atoms with Gasteiger partial charge < -0.3 is 9.88 Å². The molecule has 0 aliphatic heterocycles. The van der Waals surface area contributed by atoms with Crippen LogP contribution in [0.15, 0.2) is 24.3 Å². The molecular weight excluding hydrogens is 222 g/mol. The minimum Gasteiger partial charge on any atom is -0.371 e. The molecule has 1 N–H and O–H groups in total. The molecule has 0 aliphatic rings. The Hall–Kier alpha value is -1.95. The first kappa shape index (κ1) is 12.5. The number of aryl methyl sites for hydroxylation is 1. The van der Waals surface area contributed by atoms with E-state index in [-0.39, 0.29) is 5.41 Å². The summed E-state index contributed by atoms with van der Waals surface area (Å²) in [6.07, 6.45) is 0. The van der Waals surface area contributed by atoms with E-state index in [0.29, 0.717) is 6.54 Å². The summed E-state index contributed by atoms with van der Waals surface area (Å²) in [5, 5.41) is 10.4. The van der Waals surface area contributed by atoms with Crippen molar-refractivity contribution in [3.63, 3.8) is 0 Å². The lowest BCUT2D eigenvalue weighted by Gasteiger charge is -2.26. The molecule has 0 aliphatic carbocycles. The summed E-state index contributed by atoms with van der Waals surface area (Å²) in [6, 6.07) is 10.6. The third-order valence-electron chi connectivity index (χ3n) is 3.18. The van der Waals surface area contributed by atoms with Gasteiger partial charge in [-0.25, -0.2) is 0 Å². The van der Waals surface area contributed by atoms with Gasteiger partial charge in [0.25, 0.3) is 0 Å². The summed E-state index contributed by atoms with van der Waals surface area (Å²) in [5.74, 6) is 0. The van der Waals surface area contributed by atoms with Gasteiger partial charge in [0, 0.05) is 30.2 Å². The van der Waals surface area contributed by atoms with Gasteiger partial charge in [-0.3, -0.25) is 0 Å². The number of hydrogen-bond acceptors (Lipinski definition) is 2. The topological polar surface area (TPSA) is 42.8 Å². The second-order valence-electron chi connectivity index (χ2n) is 5.50. The van der Waals surface area contributed by atoms with E-state index in [4.69, 9.17) is 5.26 Å². The molecule has 94 valence electrons. The molecule has 0 spiro atoms. The van der Waals surface area contributed by atoms with Crippen molar-refractivity contribution < 1.29 is 0 Å². The van der Waals surface area contributed by atoms with E-state index in [1.165, 1.54) is 11.1 Å². The highest BCUT2D eigenvalue weighted by Gasteiger charge is 2.22. The van der Waals surface area contributed by atoms with E-state index >= 15 is 0 Å². The Balaban J connectivity index is 2.42. The SMILES string of the molecule is Cc1[nH]c2ccccc2c1N(C)CC(C)(C)C#N. The molecule has 2 rings (SSSR count). The smallest absolute Gasteiger partial charge is 0.0702 e. The van der Waals surface area contributed by atoms with Crippen LogP contribution in [0.2, 0.25) is 0 Å². The van der Waals surface area contributed by atoms with Gasteiger partial charge >= 0.3 is 0 Å². The fourth-order valence-electron chi connectivity index (χ4n) is 2.46. The molecule has 0 bridgehead atoms. The first-order valence-electron chi connectivity index (χ1n) is 6.14. The molecular formula is C15H19N3. The van der Waals surface area contributed by atoms with Crippen LogP contribution in [0.5, 0.6) is 0 Å². The van der Waals surface area contributed by atoms with Crippen LogP contribution in [0.3, 0.4) is 0 Å². The molecule has 0 saturated heterocycles. The van der Waals surface area contributed by atoms with Crippen molar-refractivity contribution in [3.8, 4) is 6.07 Å². The average Bonchev–Trinajstić information content (AvgIpc) is 2.64. The van der Waals surface area contributed by atoms with E-state index in [1.807, 2.05) is 33.0 Å². The molecule has 0 fully saturated rings. The van der Waals surface area contributed by atoms with Crippen molar-refractivity contribution in [2.24, 2.45) is 5.41 Å². The summed E-state index contributed by atoms with van der Waals surface area (Å²) in [5.41, 5.74) is 3.13. The predicted molar refractivity (Wildman–Crippen MR) is 75.7 cm³/mol. The second-order valence-corrected chi connectivity index (χ2v) is 5.50. The molecule has 0 radical (unpaired) electrons. The van der Waals surface area contributed by atoms with Crippen LogP contribution >= 0.6 is 0 Å². The van der Waals surface area contributed by atoms with E-state index in [2.05, 4.69) is 35.0 Å². The van der Waals surface area contributed by atoms with Gasteiger partial charge in [-0.05, 0) is 26.8 Å². The molecule has 3 nitrogen and oxygen atoms in total. The summed E-state index contributed by atoms with van der Waals surface area (Å²) in [7, 11) is 2.04. The number of aromatic amines is 1. The Bertz CT molecular complexity index is 602. The Labute approximate surface area is 108 Å². The molecule has 1 heterocycles. The maximum Gasteiger partial charge on any atom is 0.0702 e. The van der Waals surface area contributed by atoms with Crippen LogP contribution in [0.1, 0.15) is 19.5 Å². The molecule has 2 aromatic rings. The van der Waals surface area contributed by atoms with Crippen LogP contribution in [0, 0.1) is 23.7 Å². The van der Waals surface area contributed by atoms with Crippen LogP contribution in [-0.2, 0) is 0 Å². The van der Waals surface area contributed by atoms with E-state index in [1.54, 1.807) is 0 Å². The largest absolute Gasteiger partial charge is 0.371 e. The number of aromatic nitrogens is 1. The van der Waals surface area contributed by atoms with Crippen LogP contribution in [-0.4, -0.2) is 18.6 Å². The molecule has 0 amide bonds. The van der Waals surface area contributed by atoms with Crippen molar-refractivity contribution in [3.05, 3.63) is 30.0 Å². The summed E-state index contributed by atoms with van der Waals surface area (Å²) in [6.45, 7) is 6.72. The highest BCUT2D eigenvalue weighted by Crippen LogP contribution is 2.31. The Morgan fingerprint density at radius 1 is 1.33 bits per heavy atom. The van der Waals surface area contributed by atoms with Crippen LogP contribution < -0.4 is 4.90 Å². The van der Waals surface area contributed by atoms with E-state index in [9.17, 15) is 0 Å². The number of nitrogens with one attached hydrogen (secondary N) is 1. The van der Waals surface area contributed by atoms with Gasteiger partial charge in [-0.15, -0.1) is 0 Å². The molecule has 3 heteroatoms. The lowest BCUT2D eigenvalue weighted by molar-refractivity contribution is 0.497. The quantitative estimate of drug-likeness (QED) is 0.894. The monoisotopic (exact) mass is 241 g/mol. The number of benzene rings is 1. The number of hydrogen-bond donors (Lipinski definition) is 1. The summed E-state index contributed by atoms with van der Waals surface area (Å²) >= 11 is 0. The normalized spacial score (nSPS) is 11.5. The van der Waals surface area contributed by atoms with Crippen molar-refractivity contribution in [1.29, 1.82) is 5.26 Å². The molecule has 0 saturated carbocycles. The Morgan fingerprint density at radius 2 is 2.00 bits per heavy atom. The maximum absolute atomic E-state index is 9.14. The van der Waals surface area contributed by atoms with Gasteiger partial charge in [-0.2, -0.15) is 5.26 Å². The number of H-pyrrole nitrogens is 1. The number of rotatable bonds is 3. The van der Waals surface area contributed by atoms with Crippen LogP contribution in [0.25, 0.3) is 10.9 Å². The number of para-hydroxylation sites is 1. The van der Waals surface area contributed by atoms with Crippen molar-refractivity contribution >= 4 is 16.6 Å². The fraction of sp³-hybridized carbons (Fsp3) is 0.400. The van der Waals surface area contributed by atoms with Crippen LogP contribution in [0.4, 0.5) is 5.69 Å². The minimum atomic E-state index is -0.348. The molecule has 0 unspecified atom stereocenters. The second kappa shape index (κ2) is 4.38. The van der Waals surface area contributed by atoms with Gasteiger partial charge in [0.1, 0.15) is 0 Å². The first-order chi connectivity index (χ1) is 8.44. The van der Waals surface area contributed by atoms with Gasteiger partial charge in [0.15, 0.2) is 0 Å². The number of fused-ring (bicyclic) bond motifs is 1. The third-order valence-corrected chi connectivity index (χ3v) is 3.18. The Kier molecular flexibility index (Phi) is 3.04. The fourth-order valence-corrected chi connectivity index (χ4v) is 2.46. The number of nitriles is 1. The van der Waals surface area contributed by atoms with Crippen molar-refractivity contribution in [1.82, 2.24) is 4.98 Å². The lowest BCUT2D eigenvalue weighted by Crippen LogP contribution is -2.30. The van der Waals surface area contributed by atoms with E-state index < -0.39 is 0 Å². The standard InChI is InChI=1S/C15H19N3/c1-11-14(18(4)10-15(2,3)9-16)12-7-5-6-8-13(12)17-11/h5-8,17H,10H2,1-4H3. The van der Waals surface area contributed by atoms with Gasteiger partial charge in [0.2, 0.25) is 0 Å². The minimum absolute atomic E-state index is 0.348. The maximum atomic E-state index is 9.14. The molecule has 1 aromatic carbocycles. The highest BCUT2D eigenvalue weighted by atomic mass is 15.1. The van der Waals surface area contributed by atoms with Crippen molar-refractivity contribution in [2.75, 3.05) is 18.5 Å². The van der Waals surface area contributed by atoms with E-state index in [0.717, 1.165) is 11.2 Å². The summed E-state index contributed by atoms with van der Waals surface area (Å²) < 4.78 is 0. The molecule has 0 atom stereocenters. The first-order valence-corrected chi connectivity index (χ1v) is 6.14. The number of nitrogens with zero attached hydrogens (tertiary/aromatic N) is 2. The summed E-state index contributed by atoms with van der Waals surface area (Å²) in [4.78, 5) is 5.55. The zero-order chi connectivity index (χ0) is 13.3. The molecule has 18 heavy (non-hydrogen) atoms. The highest BCUT2D eigenvalue weighted by molar-refractivity contribution is 5.94.